The van der Waals surface area contributed by atoms with Crippen LogP contribution in [0, 0.1) is 5.92 Å². The summed E-state index contributed by atoms with van der Waals surface area (Å²) in [4.78, 5) is 12.2. The highest BCUT2D eigenvalue weighted by Crippen LogP contribution is 2.24. The van der Waals surface area contributed by atoms with Crippen LogP contribution in [0.1, 0.15) is 51.7 Å². The first-order valence-electron chi connectivity index (χ1n) is 7.09. The van der Waals surface area contributed by atoms with Gasteiger partial charge in [0, 0.05) is 11.6 Å². The standard InChI is InChI=1S/C16H25NO/c1-5-12(6-2)16(18)17-15-13(7-3)10-9-11-14(15)8-4/h9-12H,5-8H2,1-4H3,(H,17,18). The Labute approximate surface area is 111 Å². The van der Waals surface area contributed by atoms with Crippen LogP contribution < -0.4 is 5.32 Å². The number of para-hydroxylation sites is 1. The minimum atomic E-state index is 0.125. The van der Waals surface area contributed by atoms with Crippen LogP contribution >= 0.6 is 0 Å². The highest BCUT2D eigenvalue weighted by Gasteiger charge is 2.16. The van der Waals surface area contributed by atoms with Crippen molar-refractivity contribution in [2.45, 2.75) is 53.4 Å². The number of hydrogen-bond donors (Lipinski definition) is 1. The fourth-order valence-corrected chi connectivity index (χ4v) is 2.29. The van der Waals surface area contributed by atoms with Crippen LogP contribution in [0.4, 0.5) is 5.69 Å². The van der Waals surface area contributed by atoms with Crippen molar-refractivity contribution in [1.82, 2.24) is 0 Å². The van der Waals surface area contributed by atoms with E-state index in [1.54, 1.807) is 0 Å². The van der Waals surface area contributed by atoms with Gasteiger partial charge in [-0.25, -0.2) is 0 Å². The molecule has 1 N–H and O–H groups in total. The monoisotopic (exact) mass is 247 g/mol. The molecule has 1 amide bonds. The number of carbonyl (C=O) groups is 1. The van der Waals surface area contributed by atoms with Crippen molar-refractivity contribution in [3.8, 4) is 0 Å². The summed E-state index contributed by atoms with van der Waals surface area (Å²) >= 11 is 0. The molecule has 2 heteroatoms. The van der Waals surface area contributed by atoms with Crippen LogP contribution in [0.2, 0.25) is 0 Å². The largest absolute Gasteiger partial charge is 0.325 e. The molecule has 1 rings (SSSR count). The maximum absolute atomic E-state index is 12.2. The summed E-state index contributed by atoms with van der Waals surface area (Å²) in [5.41, 5.74) is 3.50. The van der Waals surface area contributed by atoms with Gasteiger partial charge in [-0.15, -0.1) is 0 Å². The highest BCUT2D eigenvalue weighted by molar-refractivity contribution is 5.94. The van der Waals surface area contributed by atoms with E-state index in [1.165, 1.54) is 11.1 Å². The van der Waals surface area contributed by atoms with Crippen molar-refractivity contribution in [1.29, 1.82) is 0 Å². The molecule has 0 bridgehead atoms. The summed E-state index contributed by atoms with van der Waals surface area (Å²) in [6.07, 6.45) is 3.70. The van der Waals surface area contributed by atoms with Gasteiger partial charge in [-0.1, -0.05) is 45.9 Å². The van der Waals surface area contributed by atoms with Crippen molar-refractivity contribution in [2.75, 3.05) is 5.32 Å². The lowest BCUT2D eigenvalue weighted by Crippen LogP contribution is -2.23. The third-order valence-corrected chi connectivity index (χ3v) is 3.60. The molecule has 0 saturated carbocycles. The number of amides is 1. The maximum Gasteiger partial charge on any atom is 0.227 e. The van der Waals surface area contributed by atoms with Crippen molar-refractivity contribution < 1.29 is 4.79 Å². The Bertz CT molecular complexity index is 372. The third kappa shape index (κ3) is 3.34. The molecular formula is C16H25NO. The number of anilines is 1. The van der Waals surface area contributed by atoms with Gasteiger partial charge in [0.25, 0.3) is 0 Å². The molecule has 0 unspecified atom stereocenters. The minimum Gasteiger partial charge on any atom is -0.325 e. The van der Waals surface area contributed by atoms with E-state index in [0.29, 0.717) is 0 Å². The van der Waals surface area contributed by atoms with Crippen LogP contribution in [0.25, 0.3) is 0 Å². The van der Waals surface area contributed by atoms with Crippen LogP contribution in [-0.4, -0.2) is 5.91 Å². The molecule has 1 aromatic carbocycles. The normalized spacial score (nSPS) is 10.7. The van der Waals surface area contributed by atoms with Crippen molar-refractivity contribution in [3.63, 3.8) is 0 Å². The van der Waals surface area contributed by atoms with Gasteiger partial charge in [-0.05, 0) is 36.8 Å². The van der Waals surface area contributed by atoms with Gasteiger partial charge in [0.1, 0.15) is 0 Å². The number of benzene rings is 1. The maximum atomic E-state index is 12.2. The fourth-order valence-electron chi connectivity index (χ4n) is 2.29. The number of rotatable bonds is 6. The molecule has 0 aliphatic carbocycles. The molecule has 0 aliphatic heterocycles. The Hall–Kier alpha value is -1.31. The first-order chi connectivity index (χ1) is 8.67. The average Bonchev–Trinajstić information content (AvgIpc) is 2.40. The zero-order chi connectivity index (χ0) is 13.5. The van der Waals surface area contributed by atoms with E-state index in [-0.39, 0.29) is 11.8 Å². The number of carbonyl (C=O) groups excluding carboxylic acids is 1. The molecule has 0 spiro atoms. The molecule has 0 heterocycles. The predicted molar refractivity (Wildman–Crippen MR) is 77.9 cm³/mol. The summed E-state index contributed by atoms with van der Waals surface area (Å²) in [7, 11) is 0. The molecule has 0 saturated heterocycles. The highest BCUT2D eigenvalue weighted by atomic mass is 16.1. The van der Waals surface area contributed by atoms with Gasteiger partial charge in [0.2, 0.25) is 5.91 Å². The van der Waals surface area contributed by atoms with Crippen molar-refractivity contribution >= 4 is 11.6 Å². The van der Waals surface area contributed by atoms with E-state index < -0.39 is 0 Å². The van der Waals surface area contributed by atoms with Crippen LogP contribution in [0.15, 0.2) is 18.2 Å². The SMILES string of the molecule is CCc1cccc(CC)c1NC(=O)C(CC)CC. The molecule has 0 radical (unpaired) electrons. The van der Waals surface area contributed by atoms with Gasteiger partial charge >= 0.3 is 0 Å². The first-order valence-corrected chi connectivity index (χ1v) is 7.09. The van der Waals surface area contributed by atoms with E-state index in [2.05, 4.69) is 51.2 Å². The zero-order valence-electron chi connectivity index (χ0n) is 12.0. The third-order valence-electron chi connectivity index (χ3n) is 3.60. The second kappa shape index (κ2) is 7.20. The number of aryl methyl sites for hydroxylation is 2. The van der Waals surface area contributed by atoms with Gasteiger partial charge in [0.05, 0.1) is 0 Å². The van der Waals surface area contributed by atoms with Gasteiger partial charge in [-0.2, -0.15) is 0 Å². The smallest absolute Gasteiger partial charge is 0.227 e. The summed E-state index contributed by atoms with van der Waals surface area (Å²) in [5, 5.41) is 3.14. The molecule has 18 heavy (non-hydrogen) atoms. The fraction of sp³-hybridized carbons (Fsp3) is 0.562. The lowest BCUT2D eigenvalue weighted by molar-refractivity contribution is -0.120. The molecule has 0 atom stereocenters. The van der Waals surface area contributed by atoms with Crippen LogP contribution in [0.5, 0.6) is 0 Å². The number of hydrogen-bond acceptors (Lipinski definition) is 1. The van der Waals surface area contributed by atoms with E-state index in [4.69, 9.17) is 0 Å². The predicted octanol–water partition coefficient (Wildman–Crippen LogP) is 4.19. The quantitative estimate of drug-likeness (QED) is 0.802. The van der Waals surface area contributed by atoms with Crippen molar-refractivity contribution in [2.24, 2.45) is 5.92 Å². The van der Waals surface area contributed by atoms with E-state index in [1.807, 2.05) is 0 Å². The molecule has 100 valence electrons. The Morgan fingerprint density at radius 1 is 1.06 bits per heavy atom. The Balaban J connectivity index is 2.98. The molecule has 0 aromatic heterocycles. The topological polar surface area (TPSA) is 29.1 Å². The summed E-state index contributed by atoms with van der Waals surface area (Å²) in [6.45, 7) is 8.39. The second-order valence-electron chi connectivity index (χ2n) is 4.66. The average molecular weight is 247 g/mol. The minimum absolute atomic E-state index is 0.125. The Morgan fingerprint density at radius 2 is 1.56 bits per heavy atom. The second-order valence-corrected chi connectivity index (χ2v) is 4.66. The Morgan fingerprint density at radius 3 is 1.94 bits per heavy atom. The zero-order valence-corrected chi connectivity index (χ0v) is 12.0. The van der Waals surface area contributed by atoms with Crippen molar-refractivity contribution in [3.05, 3.63) is 29.3 Å². The molecular weight excluding hydrogens is 222 g/mol. The molecule has 0 aliphatic rings. The summed E-state index contributed by atoms with van der Waals surface area (Å²) in [5.74, 6) is 0.287. The molecule has 0 fully saturated rings. The van der Waals surface area contributed by atoms with Crippen LogP contribution in [-0.2, 0) is 17.6 Å². The van der Waals surface area contributed by atoms with E-state index >= 15 is 0 Å². The van der Waals surface area contributed by atoms with Crippen LogP contribution in [0.3, 0.4) is 0 Å². The van der Waals surface area contributed by atoms with E-state index in [0.717, 1.165) is 31.4 Å². The summed E-state index contributed by atoms with van der Waals surface area (Å²) < 4.78 is 0. The van der Waals surface area contributed by atoms with Gasteiger partial charge in [-0.3, -0.25) is 4.79 Å². The van der Waals surface area contributed by atoms with Gasteiger partial charge in [0.15, 0.2) is 0 Å². The lowest BCUT2D eigenvalue weighted by atomic mass is 9.99. The first kappa shape index (κ1) is 14.7. The molecule has 1 aromatic rings. The Kier molecular flexibility index (Phi) is 5.90. The van der Waals surface area contributed by atoms with E-state index in [9.17, 15) is 4.79 Å². The van der Waals surface area contributed by atoms with Gasteiger partial charge < -0.3 is 5.32 Å². The number of nitrogens with one attached hydrogen (secondary N) is 1. The molecule has 2 nitrogen and oxygen atoms in total. The lowest BCUT2D eigenvalue weighted by Gasteiger charge is -2.18. The summed E-state index contributed by atoms with van der Waals surface area (Å²) in [6, 6.07) is 6.27.